The Hall–Kier alpha value is -3.28. The molecule has 0 saturated carbocycles. The number of carbonyl (C=O) groups excluding carboxylic acids is 1. The number of hydrogen-bond donors (Lipinski definition) is 2. The summed E-state index contributed by atoms with van der Waals surface area (Å²) in [5.41, 5.74) is 3.42. The van der Waals surface area contributed by atoms with Crippen molar-refractivity contribution in [2.75, 3.05) is 5.32 Å². The molecule has 1 amide bonds. The van der Waals surface area contributed by atoms with Crippen LogP contribution in [0.15, 0.2) is 61.1 Å². The minimum Gasteiger partial charge on any atom is -0.363 e. The monoisotopic (exact) mass is 333 g/mol. The Bertz CT molecular complexity index is 834. The largest absolute Gasteiger partial charge is 0.363 e. The van der Waals surface area contributed by atoms with Gasteiger partial charge in [0.1, 0.15) is 11.5 Å². The molecule has 0 bridgehead atoms. The van der Waals surface area contributed by atoms with E-state index in [-0.39, 0.29) is 11.6 Å². The molecule has 0 unspecified atom stereocenters. The zero-order valence-corrected chi connectivity index (χ0v) is 13.9. The van der Waals surface area contributed by atoms with Crippen molar-refractivity contribution < 1.29 is 4.79 Å². The number of carbonyl (C=O) groups is 1. The summed E-state index contributed by atoms with van der Waals surface area (Å²) in [4.78, 5) is 24.8. The highest BCUT2D eigenvalue weighted by Gasteiger charge is 2.08. The van der Waals surface area contributed by atoms with Crippen LogP contribution in [0.5, 0.6) is 0 Å². The molecule has 0 fully saturated rings. The Morgan fingerprint density at radius 2 is 1.80 bits per heavy atom. The summed E-state index contributed by atoms with van der Waals surface area (Å²) in [7, 11) is 0. The summed E-state index contributed by atoms with van der Waals surface area (Å²) < 4.78 is 0. The van der Waals surface area contributed by atoms with Crippen molar-refractivity contribution >= 4 is 11.7 Å². The van der Waals surface area contributed by atoms with E-state index in [0.29, 0.717) is 18.9 Å². The first-order valence-corrected chi connectivity index (χ1v) is 8.01. The molecule has 0 aliphatic rings. The Morgan fingerprint density at radius 1 is 0.960 bits per heavy atom. The van der Waals surface area contributed by atoms with E-state index in [0.717, 1.165) is 16.8 Å². The first-order chi connectivity index (χ1) is 12.2. The number of aryl methyl sites for hydroxylation is 1. The van der Waals surface area contributed by atoms with Gasteiger partial charge in [-0.25, -0.2) is 9.97 Å². The highest BCUT2D eigenvalue weighted by Crippen LogP contribution is 2.07. The maximum atomic E-state index is 12.2. The molecule has 2 N–H and O–H groups in total. The lowest BCUT2D eigenvalue weighted by molar-refractivity contribution is 0.0945. The fourth-order valence-electron chi connectivity index (χ4n) is 2.29. The van der Waals surface area contributed by atoms with Crippen LogP contribution in [0.2, 0.25) is 0 Å². The number of nitrogens with zero attached hydrogens (tertiary/aromatic N) is 3. The van der Waals surface area contributed by atoms with E-state index >= 15 is 0 Å². The molecular formula is C19H19N5O. The van der Waals surface area contributed by atoms with Gasteiger partial charge in [0.25, 0.3) is 5.91 Å². The average molecular weight is 333 g/mol. The van der Waals surface area contributed by atoms with E-state index in [4.69, 9.17) is 0 Å². The first-order valence-electron chi connectivity index (χ1n) is 8.01. The van der Waals surface area contributed by atoms with Crippen LogP contribution in [-0.2, 0) is 13.1 Å². The molecule has 0 aliphatic carbocycles. The lowest BCUT2D eigenvalue weighted by Crippen LogP contribution is -2.24. The zero-order valence-electron chi connectivity index (χ0n) is 13.9. The SMILES string of the molecule is Cc1ccccc1CNC(=O)c1cnc(NCc2ccccn2)cn1. The summed E-state index contributed by atoms with van der Waals surface area (Å²) in [6, 6.07) is 13.7. The summed E-state index contributed by atoms with van der Waals surface area (Å²) in [6.07, 6.45) is 4.75. The van der Waals surface area contributed by atoms with Crippen molar-refractivity contribution in [1.82, 2.24) is 20.3 Å². The third-order valence-electron chi connectivity index (χ3n) is 3.76. The summed E-state index contributed by atoms with van der Waals surface area (Å²) >= 11 is 0. The van der Waals surface area contributed by atoms with E-state index in [1.165, 1.54) is 6.20 Å². The van der Waals surface area contributed by atoms with Crippen LogP contribution in [0.3, 0.4) is 0 Å². The third kappa shape index (κ3) is 4.60. The Balaban J connectivity index is 1.54. The molecule has 3 rings (SSSR count). The summed E-state index contributed by atoms with van der Waals surface area (Å²) in [5.74, 6) is 0.355. The van der Waals surface area contributed by atoms with Gasteiger partial charge >= 0.3 is 0 Å². The van der Waals surface area contributed by atoms with Crippen LogP contribution >= 0.6 is 0 Å². The predicted molar refractivity (Wildman–Crippen MR) is 95.9 cm³/mol. The maximum absolute atomic E-state index is 12.2. The Morgan fingerprint density at radius 3 is 2.52 bits per heavy atom. The van der Waals surface area contributed by atoms with Gasteiger partial charge < -0.3 is 10.6 Å². The normalized spacial score (nSPS) is 10.3. The maximum Gasteiger partial charge on any atom is 0.271 e. The van der Waals surface area contributed by atoms with Gasteiger partial charge in [0, 0.05) is 12.7 Å². The number of amides is 1. The van der Waals surface area contributed by atoms with Crippen molar-refractivity contribution in [2.45, 2.75) is 20.0 Å². The van der Waals surface area contributed by atoms with Gasteiger partial charge in [-0.1, -0.05) is 30.3 Å². The van der Waals surface area contributed by atoms with Crippen molar-refractivity contribution in [3.63, 3.8) is 0 Å². The van der Waals surface area contributed by atoms with Crippen molar-refractivity contribution in [1.29, 1.82) is 0 Å². The van der Waals surface area contributed by atoms with Crippen LogP contribution in [-0.4, -0.2) is 20.9 Å². The summed E-state index contributed by atoms with van der Waals surface area (Å²) in [5, 5.41) is 5.99. The zero-order chi connectivity index (χ0) is 17.5. The number of pyridine rings is 1. The Kier molecular flexibility index (Phi) is 5.31. The lowest BCUT2D eigenvalue weighted by Gasteiger charge is -2.08. The molecule has 2 heterocycles. The van der Waals surface area contributed by atoms with Gasteiger partial charge in [-0.3, -0.25) is 9.78 Å². The van der Waals surface area contributed by atoms with Crippen LogP contribution in [0.25, 0.3) is 0 Å². The third-order valence-corrected chi connectivity index (χ3v) is 3.76. The molecule has 6 heteroatoms. The second-order valence-electron chi connectivity index (χ2n) is 5.57. The fraction of sp³-hybridized carbons (Fsp3) is 0.158. The molecule has 25 heavy (non-hydrogen) atoms. The standard InChI is InChI=1S/C19H19N5O/c1-14-6-2-3-7-15(14)10-24-19(25)17-12-23-18(13-21-17)22-11-16-8-4-5-9-20-16/h2-9,12-13H,10-11H2,1H3,(H,22,23)(H,24,25). The first kappa shape index (κ1) is 16.6. The summed E-state index contributed by atoms with van der Waals surface area (Å²) in [6.45, 7) is 3.03. The van der Waals surface area contributed by atoms with Gasteiger partial charge in [0.05, 0.1) is 24.6 Å². The highest BCUT2D eigenvalue weighted by molar-refractivity contribution is 5.91. The van der Waals surface area contributed by atoms with Crippen LogP contribution < -0.4 is 10.6 Å². The molecular weight excluding hydrogens is 314 g/mol. The van der Waals surface area contributed by atoms with E-state index < -0.39 is 0 Å². The highest BCUT2D eigenvalue weighted by atomic mass is 16.1. The second kappa shape index (κ2) is 8.01. The number of benzene rings is 1. The second-order valence-corrected chi connectivity index (χ2v) is 5.57. The molecule has 1 aromatic carbocycles. The number of rotatable bonds is 6. The Labute approximate surface area is 146 Å². The molecule has 3 aromatic rings. The molecule has 0 aliphatic heterocycles. The van der Waals surface area contributed by atoms with Gasteiger partial charge in [0.15, 0.2) is 0 Å². The van der Waals surface area contributed by atoms with Gasteiger partial charge in [-0.15, -0.1) is 0 Å². The number of anilines is 1. The molecule has 0 spiro atoms. The minimum absolute atomic E-state index is 0.243. The van der Waals surface area contributed by atoms with E-state index in [2.05, 4.69) is 25.6 Å². The fourth-order valence-corrected chi connectivity index (χ4v) is 2.29. The van der Waals surface area contributed by atoms with Gasteiger partial charge in [-0.2, -0.15) is 0 Å². The van der Waals surface area contributed by atoms with Crippen LogP contribution in [0.1, 0.15) is 27.3 Å². The number of nitrogens with one attached hydrogen (secondary N) is 2. The molecule has 0 radical (unpaired) electrons. The van der Waals surface area contributed by atoms with Crippen molar-refractivity contribution in [3.8, 4) is 0 Å². The molecule has 6 nitrogen and oxygen atoms in total. The van der Waals surface area contributed by atoms with Crippen molar-refractivity contribution in [2.24, 2.45) is 0 Å². The molecule has 0 saturated heterocycles. The van der Waals surface area contributed by atoms with Crippen molar-refractivity contribution in [3.05, 3.63) is 83.6 Å². The topological polar surface area (TPSA) is 79.8 Å². The lowest BCUT2D eigenvalue weighted by atomic mass is 10.1. The minimum atomic E-state index is -0.243. The molecule has 0 atom stereocenters. The molecule has 126 valence electrons. The number of hydrogen-bond acceptors (Lipinski definition) is 5. The van der Waals surface area contributed by atoms with Crippen LogP contribution in [0, 0.1) is 6.92 Å². The van der Waals surface area contributed by atoms with E-state index in [1.54, 1.807) is 12.4 Å². The molecule has 2 aromatic heterocycles. The number of aromatic nitrogens is 3. The van der Waals surface area contributed by atoms with E-state index in [1.807, 2.05) is 49.4 Å². The van der Waals surface area contributed by atoms with Gasteiger partial charge in [-0.05, 0) is 30.2 Å². The van der Waals surface area contributed by atoms with Crippen LogP contribution in [0.4, 0.5) is 5.82 Å². The average Bonchev–Trinajstić information content (AvgIpc) is 2.67. The van der Waals surface area contributed by atoms with Gasteiger partial charge in [0.2, 0.25) is 0 Å². The smallest absolute Gasteiger partial charge is 0.271 e. The van der Waals surface area contributed by atoms with E-state index in [9.17, 15) is 4.79 Å². The quantitative estimate of drug-likeness (QED) is 0.725. The predicted octanol–water partition coefficient (Wildman–Crippen LogP) is 2.72.